The summed E-state index contributed by atoms with van der Waals surface area (Å²) >= 11 is 0. The molecular formula is C16H15F3O3. The van der Waals surface area contributed by atoms with E-state index in [1.54, 1.807) is 0 Å². The van der Waals surface area contributed by atoms with Crippen LogP contribution in [0.15, 0.2) is 48.5 Å². The minimum atomic E-state index is -4.94. The van der Waals surface area contributed by atoms with E-state index in [9.17, 15) is 18.3 Å². The van der Waals surface area contributed by atoms with Gasteiger partial charge in [0.05, 0.1) is 14.2 Å². The van der Waals surface area contributed by atoms with Gasteiger partial charge >= 0.3 is 6.18 Å². The lowest BCUT2D eigenvalue weighted by Crippen LogP contribution is -2.43. The van der Waals surface area contributed by atoms with E-state index in [-0.39, 0.29) is 22.6 Å². The number of hydrogen-bond donors (Lipinski definition) is 1. The first-order valence-electron chi connectivity index (χ1n) is 6.41. The van der Waals surface area contributed by atoms with Crippen molar-refractivity contribution >= 4 is 0 Å². The van der Waals surface area contributed by atoms with Gasteiger partial charge < -0.3 is 14.6 Å². The molecule has 2 aromatic carbocycles. The van der Waals surface area contributed by atoms with Crippen LogP contribution in [0.3, 0.4) is 0 Å². The molecule has 2 rings (SSSR count). The van der Waals surface area contributed by atoms with E-state index in [2.05, 4.69) is 0 Å². The molecule has 1 N–H and O–H groups in total. The van der Waals surface area contributed by atoms with Crippen LogP contribution in [0.25, 0.3) is 0 Å². The summed E-state index contributed by atoms with van der Waals surface area (Å²) in [7, 11) is 2.59. The quantitative estimate of drug-likeness (QED) is 0.939. The van der Waals surface area contributed by atoms with Gasteiger partial charge in [-0.2, -0.15) is 13.2 Å². The summed E-state index contributed by atoms with van der Waals surface area (Å²) in [5.41, 5.74) is -3.92. The van der Waals surface area contributed by atoms with Crippen LogP contribution in [-0.4, -0.2) is 25.5 Å². The van der Waals surface area contributed by atoms with E-state index >= 15 is 0 Å². The van der Waals surface area contributed by atoms with Crippen LogP contribution in [-0.2, 0) is 5.60 Å². The zero-order valence-corrected chi connectivity index (χ0v) is 12.0. The Balaban J connectivity index is 2.73. The summed E-state index contributed by atoms with van der Waals surface area (Å²) in [6.07, 6.45) is -4.94. The largest absolute Gasteiger partial charge is 0.497 e. The van der Waals surface area contributed by atoms with Crippen molar-refractivity contribution in [3.05, 3.63) is 59.7 Å². The number of aliphatic hydroxyl groups is 1. The summed E-state index contributed by atoms with van der Waals surface area (Å²) in [5.74, 6) is 0.167. The van der Waals surface area contributed by atoms with Crippen LogP contribution >= 0.6 is 0 Å². The molecule has 0 radical (unpaired) electrons. The van der Waals surface area contributed by atoms with Gasteiger partial charge in [-0.25, -0.2) is 0 Å². The molecule has 118 valence electrons. The molecule has 0 fully saturated rings. The highest BCUT2D eigenvalue weighted by Crippen LogP contribution is 2.47. The summed E-state index contributed by atoms with van der Waals surface area (Å²) < 4.78 is 51.0. The summed E-state index contributed by atoms with van der Waals surface area (Å²) in [5, 5.41) is 10.6. The second kappa shape index (κ2) is 5.88. The molecule has 2 aromatic rings. The molecular weight excluding hydrogens is 297 g/mol. The topological polar surface area (TPSA) is 38.7 Å². The Hall–Kier alpha value is -2.21. The first-order valence-corrected chi connectivity index (χ1v) is 6.41. The third kappa shape index (κ3) is 2.62. The van der Waals surface area contributed by atoms with Crippen molar-refractivity contribution < 1.29 is 27.8 Å². The third-order valence-electron chi connectivity index (χ3n) is 3.39. The molecule has 0 aliphatic rings. The van der Waals surface area contributed by atoms with Crippen molar-refractivity contribution in [1.82, 2.24) is 0 Å². The van der Waals surface area contributed by atoms with E-state index in [0.717, 1.165) is 6.07 Å². The van der Waals surface area contributed by atoms with Crippen molar-refractivity contribution in [2.75, 3.05) is 14.2 Å². The molecule has 22 heavy (non-hydrogen) atoms. The summed E-state index contributed by atoms with van der Waals surface area (Å²) in [6.45, 7) is 0. The maximum atomic E-state index is 13.7. The first-order chi connectivity index (χ1) is 10.3. The fourth-order valence-corrected chi connectivity index (χ4v) is 2.26. The van der Waals surface area contributed by atoms with Gasteiger partial charge in [0, 0.05) is 11.1 Å². The minimum Gasteiger partial charge on any atom is -0.497 e. The molecule has 0 amide bonds. The first kappa shape index (κ1) is 16.2. The average molecular weight is 312 g/mol. The lowest BCUT2D eigenvalue weighted by atomic mass is 9.85. The Bertz CT molecular complexity index is 655. The molecule has 1 atom stereocenters. The van der Waals surface area contributed by atoms with Crippen LogP contribution in [0.5, 0.6) is 11.5 Å². The van der Waals surface area contributed by atoms with Gasteiger partial charge in [0.1, 0.15) is 11.5 Å². The molecule has 0 aliphatic carbocycles. The Morgan fingerprint density at radius 2 is 1.59 bits per heavy atom. The summed E-state index contributed by atoms with van der Waals surface area (Å²) in [4.78, 5) is 0. The lowest BCUT2D eigenvalue weighted by molar-refractivity contribution is -0.248. The zero-order chi connectivity index (χ0) is 16.4. The molecule has 0 saturated carbocycles. The van der Waals surface area contributed by atoms with Crippen molar-refractivity contribution in [2.45, 2.75) is 11.8 Å². The summed E-state index contributed by atoms with van der Waals surface area (Å²) in [6, 6.07) is 10.7. The van der Waals surface area contributed by atoms with E-state index in [4.69, 9.17) is 9.47 Å². The van der Waals surface area contributed by atoms with Crippen molar-refractivity contribution in [3.8, 4) is 11.5 Å². The number of hydrogen-bond acceptors (Lipinski definition) is 3. The van der Waals surface area contributed by atoms with Gasteiger partial charge in [-0.15, -0.1) is 0 Å². The predicted octanol–water partition coefficient (Wildman–Crippen LogP) is 3.50. The highest BCUT2D eigenvalue weighted by molar-refractivity contribution is 5.47. The molecule has 6 heteroatoms. The van der Waals surface area contributed by atoms with Gasteiger partial charge in [0.15, 0.2) is 0 Å². The smallest absolute Gasteiger partial charge is 0.425 e. The normalized spacial score (nSPS) is 14.3. The molecule has 0 aliphatic heterocycles. The number of halogens is 3. The van der Waals surface area contributed by atoms with E-state index in [1.165, 1.54) is 56.7 Å². The van der Waals surface area contributed by atoms with Gasteiger partial charge in [-0.05, 0) is 18.2 Å². The highest BCUT2D eigenvalue weighted by Gasteiger charge is 2.57. The standard InChI is InChI=1S/C16H15F3O3/c1-21-12-7-5-6-11(10-12)15(20,16(17,18)19)13-8-3-4-9-14(13)22-2/h3-10,20H,1-2H3. The number of methoxy groups -OCH3 is 2. The number of alkyl halides is 3. The highest BCUT2D eigenvalue weighted by atomic mass is 19.4. The van der Waals surface area contributed by atoms with Gasteiger partial charge in [0.2, 0.25) is 5.60 Å². The predicted molar refractivity (Wildman–Crippen MR) is 75.0 cm³/mol. The molecule has 0 spiro atoms. The monoisotopic (exact) mass is 312 g/mol. The van der Waals surface area contributed by atoms with Crippen molar-refractivity contribution in [1.29, 1.82) is 0 Å². The Morgan fingerprint density at radius 3 is 2.18 bits per heavy atom. The molecule has 0 heterocycles. The van der Waals surface area contributed by atoms with Gasteiger partial charge in [0.25, 0.3) is 0 Å². The number of para-hydroxylation sites is 1. The Kier molecular flexibility index (Phi) is 4.32. The van der Waals surface area contributed by atoms with Crippen LogP contribution < -0.4 is 9.47 Å². The number of ether oxygens (including phenoxy) is 2. The van der Waals surface area contributed by atoms with E-state index in [0.29, 0.717) is 0 Å². The van der Waals surface area contributed by atoms with E-state index in [1.807, 2.05) is 0 Å². The maximum absolute atomic E-state index is 13.7. The molecule has 1 unspecified atom stereocenters. The fraction of sp³-hybridized carbons (Fsp3) is 0.250. The van der Waals surface area contributed by atoms with Gasteiger partial charge in [-0.1, -0.05) is 30.3 Å². The van der Waals surface area contributed by atoms with Crippen LogP contribution in [0.4, 0.5) is 13.2 Å². The molecule has 0 saturated heterocycles. The van der Waals surface area contributed by atoms with Crippen molar-refractivity contribution in [2.24, 2.45) is 0 Å². The SMILES string of the molecule is COc1cccc(C(O)(c2ccccc2OC)C(F)(F)F)c1. The van der Waals surface area contributed by atoms with Crippen LogP contribution in [0.1, 0.15) is 11.1 Å². The molecule has 0 aromatic heterocycles. The van der Waals surface area contributed by atoms with Crippen LogP contribution in [0, 0.1) is 0 Å². The number of benzene rings is 2. The number of rotatable bonds is 4. The third-order valence-corrected chi connectivity index (χ3v) is 3.39. The average Bonchev–Trinajstić information content (AvgIpc) is 2.53. The molecule has 0 bridgehead atoms. The maximum Gasteiger partial charge on any atom is 0.425 e. The Morgan fingerprint density at radius 1 is 0.909 bits per heavy atom. The lowest BCUT2D eigenvalue weighted by Gasteiger charge is -2.32. The second-order valence-electron chi connectivity index (χ2n) is 4.64. The Labute approximate surface area is 125 Å². The van der Waals surface area contributed by atoms with Gasteiger partial charge in [-0.3, -0.25) is 0 Å². The van der Waals surface area contributed by atoms with E-state index < -0.39 is 11.8 Å². The van der Waals surface area contributed by atoms with Crippen LogP contribution in [0.2, 0.25) is 0 Å². The second-order valence-corrected chi connectivity index (χ2v) is 4.64. The van der Waals surface area contributed by atoms with Crippen molar-refractivity contribution in [3.63, 3.8) is 0 Å². The zero-order valence-electron chi connectivity index (χ0n) is 12.0. The molecule has 3 nitrogen and oxygen atoms in total. The fourth-order valence-electron chi connectivity index (χ4n) is 2.26. The minimum absolute atomic E-state index is 0.0508.